The van der Waals surface area contributed by atoms with E-state index < -0.39 is 0 Å². The largest absolute Gasteiger partial charge is 0.412 e. The standard InChI is InChI=1S/C8H11P.H2O/c1-6-4-3-5-8(9)7(6)2;/h3-5H,9H2,1-2H3;1H2. The minimum absolute atomic E-state index is 0. The van der Waals surface area contributed by atoms with Crippen molar-refractivity contribution in [1.29, 1.82) is 0 Å². The summed E-state index contributed by atoms with van der Waals surface area (Å²) in [5.74, 6) is 0. The van der Waals surface area contributed by atoms with Crippen LogP contribution in [-0.2, 0) is 0 Å². The molecular formula is C8H13OP. The van der Waals surface area contributed by atoms with Gasteiger partial charge >= 0.3 is 0 Å². The average molecular weight is 156 g/mol. The van der Waals surface area contributed by atoms with Crippen LogP contribution in [0.15, 0.2) is 18.2 Å². The van der Waals surface area contributed by atoms with E-state index in [1.165, 1.54) is 16.4 Å². The molecule has 0 heterocycles. The molecule has 0 saturated carbocycles. The molecule has 56 valence electrons. The van der Waals surface area contributed by atoms with Gasteiger partial charge in [-0.3, -0.25) is 0 Å². The van der Waals surface area contributed by atoms with E-state index in [9.17, 15) is 0 Å². The third-order valence-corrected chi connectivity index (χ3v) is 2.27. The van der Waals surface area contributed by atoms with Crippen molar-refractivity contribution >= 4 is 14.5 Å². The van der Waals surface area contributed by atoms with Crippen molar-refractivity contribution in [3.63, 3.8) is 0 Å². The highest BCUT2D eigenvalue weighted by atomic mass is 31.0. The zero-order valence-corrected chi connectivity index (χ0v) is 7.46. The highest BCUT2D eigenvalue weighted by molar-refractivity contribution is 7.27. The third-order valence-electron chi connectivity index (χ3n) is 1.65. The van der Waals surface area contributed by atoms with Crippen LogP contribution in [0.1, 0.15) is 11.1 Å². The molecule has 0 spiro atoms. The molecule has 1 aromatic carbocycles. The van der Waals surface area contributed by atoms with E-state index in [0.29, 0.717) is 0 Å². The first kappa shape index (κ1) is 9.61. The first-order valence-corrected chi connectivity index (χ1v) is 3.61. The van der Waals surface area contributed by atoms with Gasteiger partial charge in [-0.2, -0.15) is 0 Å². The summed E-state index contributed by atoms with van der Waals surface area (Å²) in [6.07, 6.45) is 0. The Balaban J connectivity index is 0.000000810. The maximum absolute atomic E-state index is 2.72. The van der Waals surface area contributed by atoms with E-state index in [-0.39, 0.29) is 5.48 Å². The molecular weight excluding hydrogens is 143 g/mol. The Morgan fingerprint density at radius 1 is 1.20 bits per heavy atom. The minimum atomic E-state index is 0. The molecule has 1 unspecified atom stereocenters. The van der Waals surface area contributed by atoms with Crippen LogP contribution < -0.4 is 5.30 Å². The predicted molar refractivity (Wildman–Crippen MR) is 48.9 cm³/mol. The van der Waals surface area contributed by atoms with Crippen molar-refractivity contribution in [2.45, 2.75) is 13.8 Å². The Kier molecular flexibility index (Phi) is 3.55. The van der Waals surface area contributed by atoms with Gasteiger partial charge < -0.3 is 5.48 Å². The van der Waals surface area contributed by atoms with Crippen LogP contribution in [-0.4, -0.2) is 5.48 Å². The number of benzene rings is 1. The quantitative estimate of drug-likeness (QED) is 0.501. The number of hydrogen-bond donors (Lipinski definition) is 0. The molecule has 0 bridgehead atoms. The molecule has 0 radical (unpaired) electrons. The first-order chi connectivity index (χ1) is 4.22. The molecule has 1 atom stereocenters. The lowest BCUT2D eigenvalue weighted by molar-refractivity contribution is 0.824. The summed E-state index contributed by atoms with van der Waals surface area (Å²) in [6.45, 7) is 4.26. The van der Waals surface area contributed by atoms with Crippen LogP contribution in [0, 0.1) is 13.8 Å². The lowest BCUT2D eigenvalue weighted by Gasteiger charge is -2.00. The molecule has 0 fully saturated rings. The van der Waals surface area contributed by atoms with Gasteiger partial charge in [0.15, 0.2) is 0 Å². The molecule has 0 amide bonds. The Morgan fingerprint density at radius 3 is 2.20 bits per heavy atom. The highest BCUT2D eigenvalue weighted by Crippen LogP contribution is 2.04. The normalized spacial score (nSPS) is 8.70. The second kappa shape index (κ2) is 3.70. The molecule has 1 aromatic rings. The Hall–Kier alpha value is -0.390. The monoisotopic (exact) mass is 156 g/mol. The molecule has 2 heteroatoms. The maximum Gasteiger partial charge on any atom is -0.0271 e. The lowest BCUT2D eigenvalue weighted by atomic mass is 10.1. The van der Waals surface area contributed by atoms with Gasteiger partial charge in [0.05, 0.1) is 0 Å². The molecule has 1 nitrogen and oxygen atoms in total. The molecule has 0 aliphatic heterocycles. The summed E-state index contributed by atoms with van der Waals surface area (Å²) in [6, 6.07) is 6.31. The predicted octanol–water partition coefficient (Wildman–Crippen LogP) is 0.979. The van der Waals surface area contributed by atoms with Crippen LogP contribution in [0.25, 0.3) is 0 Å². The number of hydrogen-bond acceptors (Lipinski definition) is 0. The van der Waals surface area contributed by atoms with Crippen LogP contribution >= 0.6 is 9.24 Å². The van der Waals surface area contributed by atoms with Crippen LogP contribution in [0.3, 0.4) is 0 Å². The topological polar surface area (TPSA) is 31.5 Å². The fourth-order valence-electron chi connectivity index (χ4n) is 0.774. The van der Waals surface area contributed by atoms with Crippen molar-refractivity contribution in [3.8, 4) is 0 Å². The number of aryl methyl sites for hydroxylation is 1. The second-order valence-electron chi connectivity index (χ2n) is 2.29. The van der Waals surface area contributed by atoms with E-state index >= 15 is 0 Å². The summed E-state index contributed by atoms with van der Waals surface area (Å²) >= 11 is 0. The van der Waals surface area contributed by atoms with Gasteiger partial charge in [-0.1, -0.05) is 18.2 Å². The molecule has 0 aliphatic rings. The van der Waals surface area contributed by atoms with Crippen molar-refractivity contribution in [3.05, 3.63) is 29.3 Å². The van der Waals surface area contributed by atoms with Crippen molar-refractivity contribution in [2.24, 2.45) is 0 Å². The van der Waals surface area contributed by atoms with Gasteiger partial charge in [-0.25, -0.2) is 0 Å². The van der Waals surface area contributed by atoms with Gasteiger partial charge in [-0.15, -0.1) is 9.24 Å². The summed E-state index contributed by atoms with van der Waals surface area (Å²) in [5, 5.41) is 1.30. The maximum atomic E-state index is 2.72. The second-order valence-corrected chi connectivity index (χ2v) is 2.91. The molecule has 0 aliphatic carbocycles. The van der Waals surface area contributed by atoms with Gasteiger partial charge in [0.25, 0.3) is 0 Å². The van der Waals surface area contributed by atoms with Gasteiger partial charge in [-0.05, 0) is 30.3 Å². The fraction of sp³-hybridized carbons (Fsp3) is 0.250. The van der Waals surface area contributed by atoms with Crippen molar-refractivity contribution < 1.29 is 5.48 Å². The van der Waals surface area contributed by atoms with Crippen LogP contribution in [0.5, 0.6) is 0 Å². The number of rotatable bonds is 0. The summed E-state index contributed by atoms with van der Waals surface area (Å²) in [5.41, 5.74) is 2.74. The Morgan fingerprint density at radius 2 is 1.80 bits per heavy atom. The van der Waals surface area contributed by atoms with Gasteiger partial charge in [0, 0.05) is 0 Å². The molecule has 1 rings (SSSR count). The van der Waals surface area contributed by atoms with E-state index in [2.05, 4.69) is 41.3 Å². The van der Waals surface area contributed by atoms with E-state index in [1.807, 2.05) is 0 Å². The van der Waals surface area contributed by atoms with Crippen molar-refractivity contribution in [2.75, 3.05) is 0 Å². The van der Waals surface area contributed by atoms with Crippen LogP contribution in [0.2, 0.25) is 0 Å². The first-order valence-electron chi connectivity index (χ1n) is 3.03. The van der Waals surface area contributed by atoms with Gasteiger partial charge in [0.1, 0.15) is 0 Å². The average Bonchev–Trinajstić information content (AvgIpc) is 1.83. The van der Waals surface area contributed by atoms with E-state index in [4.69, 9.17) is 0 Å². The SMILES string of the molecule is Cc1cccc(P)c1C.O. The zero-order chi connectivity index (χ0) is 6.85. The minimum Gasteiger partial charge on any atom is -0.412 e. The third kappa shape index (κ3) is 1.80. The lowest BCUT2D eigenvalue weighted by Crippen LogP contribution is -1.97. The van der Waals surface area contributed by atoms with E-state index in [1.54, 1.807) is 0 Å². The molecule has 10 heavy (non-hydrogen) atoms. The zero-order valence-electron chi connectivity index (χ0n) is 6.31. The fourth-order valence-corrected chi connectivity index (χ4v) is 1.11. The molecule has 2 N–H and O–H groups in total. The molecule has 0 aromatic heterocycles. The van der Waals surface area contributed by atoms with Gasteiger partial charge in [0.2, 0.25) is 0 Å². The summed E-state index contributed by atoms with van der Waals surface area (Å²) < 4.78 is 0. The Bertz CT molecular complexity index is 200. The summed E-state index contributed by atoms with van der Waals surface area (Å²) in [7, 11) is 2.72. The van der Waals surface area contributed by atoms with E-state index in [0.717, 1.165) is 0 Å². The smallest absolute Gasteiger partial charge is 0.0271 e. The van der Waals surface area contributed by atoms with Crippen molar-refractivity contribution in [1.82, 2.24) is 0 Å². The molecule has 0 saturated heterocycles. The summed E-state index contributed by atoms with van der Waals surface area (Å²) in [4.78, 5) is 0. The Labute approximate surface area is 64.0 Å². The van der Waals surface area contributed by atoms with Crippen LogP contribution in [0.4, 0.5) is 0 Å². The highest BCUT2D eigenvalue weighted by Gasteiger charge is 1.92.